The van der Waals surface area contributed by atoms with Crippen molar-refractivity contribution in [2.24, 2.45) is 5.73 Å². The van der Waals surface area contributed by atoms with E-state index in [9.17, 15) is 15.0 Å². The summed E-state index contributed by atoms with van der Waals surface area (Å²) in [5.74, 6) is -0.349. The minimum atomic E-state index is -1.22. The predicted octanol–water partition coefficient (Wildman–Crippen LogP) is -2.08. The number of aliphatic hydroxyl groups is 2. The number of hydrogen-bond donors (Lipinski definition) is 4. The molecule has 82 valence electrons. The van der Waals surface area contributed by atoms with E-state index in [1.165, 1.54) is 6.92 Å². The zero-order valence-electron chi connectivity index (χ0n) is 8.18. The Labute approximate surface area is 82.0 Å². The first-order valence-corrected chi connectivity index (χ1v) is 4.47. The molecule has 0 radical (unpaired) electrons. The highest BCUT2D eigenvalue weighted by Crippen LogP contribution is 2.17. The van der Waals surface area contributed by atoms with Gasteiger partial charge in [0.15, 0.2) is 6.29 Å². The van der Waals surface area contributed by atoms with Crippen LogP contribution in [-0.2, 0) is 9.53 Å². The molecule has 1 amide bonds. The van der Waals surface area contributed by atoms with Gasteiger partial charge in [-0.2, -0.15) is 0 Å². The third kappa shape index (κ3) is 2.21. The highest BCUT2D eigenvalue weighted by molar-refractivity contribution is 5.73. The molecule has 1 saturated heterocycles. The van der Waals surface area contributed by atoms with E-state index in [0.29, 0.717) is 0 Å². The van der Waals surface area contributed by atoms with Crippen LogP contribution in [0.4, 0.5) is 0 Å². The first-order valence-electron chi connectivity index (χ1n) is 4.47. The van der Waals surface area contributed by atoms with Gasteiger partial charge in [0.05, 0.1) is 18.2 Å². The number of hydrogen-bond acceptors (Lipinski definition) is 5. The fourth-order valence-corrected chi connectivity index (χ4v) is 1.47. The molecule has 1 rings (SSSR count). The third-order valence-corrected chi connectivity index (χ3v) is 2.34. The number of ether oxygens (including phenoxy) is 1. The van der Waals surface area contributed by atoms with Crippen molar-refractivity contribution in [3.63, 3.8) is 0 Å². The summed E-state index contributed by atoms with van der Waals surface area (Å²) in [7, 11) is 0. The van der Waals surface area contributed by atoms with Gasteiger partial charge in [0.2, 0.25) is 5.91 Å². The largest absolute Gasteiger partial charge is 0.389 e. The highest BCUT2D eigenvalue weighted by atomic mass is 16.6. The van der Waals surface area contributed by atoms with Crippen molar-refractivity contribution in [2.75, 3.05) is 0 Å². The Balaban J connectivity index is 2.68. The van der Waals surface area contributed by atoms with Gasteiger partial charge in [-0.1, -0.05) is 0 Å². The fraction of sp³-hybridized carbons (Fsp3) is 0.875. The normalized spacial score (nSPS) is 43.4. The minimum absolute atomic E-state index is 0.349. The molecule has 1 heterocycles. The van der Waals surface area contributed by atoms with Crippen molar-refractivity contribution in [2.45, 2.75) is 44.4 Å². The quantitative estimate of drug-likeness (QED) is 0.392. The maximum atomic E-state index is 10.8. The first-order chi connectivity index (χ1) is 6.43. The molecule has 5 atom stereocenters. The van der Waals surface area contributed by atoms with Crippen LogP contribution in [0.25, 0.3) is 0 Å². The molecule has 0 saturated carbocycles. The smallest absolute Gasteiger partial charge is 0.217 e. The standard InChI is InChI=1S/C8H16N2O4/c1-3-5(9)7(12)6(8(13)14-3)10-4(2)11/h3,5-8,12-13H,9H2,1-2H3,(H,10,11)/t3-,5+,6-,7+,8+/m0/s1. The summed E-state index contributed by atoms with van der Waals surface area (Å²) in [6.07, 6.45) is -2.66. The molecular formula is C8H16N2O4. The summed E-state index contributed by atoms with van der Waals surface area (Å²) in [6, 6.07) is -1.48. The van der Waals surface area contributed by atoms with E-state index in [2.05, 4.69) is 5.32 Å². The molecule has 0 aliphatic carbocycles. The number of rotatable bonds is 1. The number of nitrogens with one attached hydrogen (secondary N) is 1. The maximum Gasteiger partial charge on any atom is 0.217 e. The molecule has 5 N–H and O–H groups in total. The van der Waals surface area contributed by atoms with Crippen molar-refractivity contribution in [1.82, 2.24) is 5.32 Å². The summed E-state index contributed by atoms with van der Waals surface area (Å²) >= 11 is 0. The van der Waals surface area contributed by atoms with Gasteiger partial charge in [0.1, 0.15) is 6.04 Å². The molecule has 0 unspecified atom stereocenters. The van der Waals surface area contributed by atoms with Crippen LogP contribution in [0.15, 0.2) is 0 Å². The molecule has 14 heavy (non-hydrogen) atoms. The second kappa shape index (κ2) is 4.22. The molecule has 0 spiro atoms. The number of amides is 1. The SMILES string of the molecule is CC(=O)N[C@H]1[C@H](O)[C@H](N)[C@H](C)O[C@H]1O. The Hall–Kier alpha value is -0.690. The molecule has 0 aromatic heterocycles. The number of nitrogens with two attached hydrogens (primary N) is 1. The Bertz CT molecular complexity index is 223. The zero-order chi connectivity index (χ0) is 10.9. The molecule has 6 nitrogen and oxygen atoms in total. The maximum absolute atomic E-state index is 10.8. The van der Waals surface area contributed by atoms with Crippen LogP contribution in [0.5, 0.6) is 0 Å². The molecule has 1 fully saturated rings. The van der Waals surface area contributed by atoms with Crippen molar-refractivity contribution in [3.8, 4) is 0 Å². The second-order valence-electron chi connectivity index (χ2n) is 3.53. The topological polar surface area (TPSA) is 105 Å². The average molecular weight is 204 g/mol. The van der Waals surface area contributed by atoms with Crippen LogP contribution < -0.4 is 11.1 Å². The summed E-state index contributed by atoms with van der Waals surface area (Å²) in [5.41, 5.74) is 5.61. The van der Waals surface area contributed by atoms with E-state index >= 15 is 0 Å². The highest BCUT2D eigenvalue weighted by Gasteiger charge is 2.41. The lowest BCUT2D eigenvalue weighted by Crippen LogP contribution is -2.65. The molecule has 0 bridgehead atoms. The summed E-state index contributed by atoms with van der Waals surface area (Å²) in [6.45, 7) is 2.95. The Morgan fingerprint density at radius 2 is 2.07 bits per heavy atom. The van der Waals surface area contributed by atoms with Crippen molar-refractivity contribution in [1.29, 1.82) is 0 Å². The van der Waals surface area contributed by atoms with Crippen LogP contribution in [0.1, 0.15) is 13.8 Å². The lowest BCUT2D eigenvalue weighted by atomic mass is 9.96. The van der Waals surface area contributed by atoms with Gasteiger partial charge in [0.25, 0.3) is 0 Å². The van der Waals surface area contributed by atoms with Crippen LogP contribution in [0.3, 0.4) is 0 Å². The van der Waals surface area contributed by atoms with Crippen LogP contribution in [0, 0.1) is 0 Å². The van der Waals surface area contributed by atoms with Gasteiger partial charge in [0, 0.05) is 6.92 Å². The van der Waals surface area contributed by atoms with E-state index in [0.717, 1.165) is 0 Å². The van der Waals surface area contributed by atoms with E-state index in [1.54, 1.807) is 6.92 Å². The van der Waals surface area contributed by atoms with Crippen LogP contribution >= 0.6 is 0 Å². The molecule has 0 aromatic rings. The van der Waals surface area contributed by atoms with Crippen molar-refractivity contribution >= 4 is 5.91 Å². The molecule has 1 aliphatic rings. The second-order valence-corrected chi connectivity index (χ2v) is 3.53. The van der Waals surface area contributed by atoms with E-state index in [1.807, 2.05) is 0 Å². The zero-order valence-corrected chi connectivity index (χ0v) is 8.18. The Morgan fingerprint density at radius 1 is 1.50 bits per heavy atom. The molecular weight excluding hydrogens is 188 g/mol. The molecule has 6 heteroatoms. The number of carbonyl (C=O) groups is 1. The Morgan fingerprint density at radius 3 is 2.57 bits per heavy atom. The van der Waals surface area contributed by atoms with Crippen molar-refractivity contribution in [3.05, 3.63) is 0 Å². The monoisotopic (exact) mass is 204 g/mol. The van der Waals surface area contributed by atoms with Gasteiger partial charge < -0.3 is 26.0 Å². The van der Waals surface area contributed by atoms with Gasteiger partial charge >= 0.3 is 0 Å². The lowest BCUT2D eigenvalue weighted by Gasteiger charge is -2.40. The summed E-state index contributed by atoms with van der Waals surface area (Å²) < 4.78 is 5.04. The average Bonchev–Trinajstić information content (AvgIpc) is 2.09. The Kier molecular flexibility index (Phi) is 3.43. The van der Waals surface area contributed by atoms with Gasteiger partial charge in [-0.15, -0.1) is 0 Å². The first kappa shape index (κ1) is 11.4. The summed E-state index contributed by atoms with van der Waals surface area (Å²) in [4.78, 5) is 10.8. The van der Waals surface area contributed by atoms with E-state index in [-0.39, 0.29) is 5.91 Å². The van der Waals surface area contributed by atoms with Gasteiger partial charge in [-0.3, -0.25) is 4.79 Å². The van der Waals surface area contributed by atoms with Crippen molar-refractivity contribution < 1.29 is 19.7 Å². The fourth-order valence-electron chi connectivity index (χ4n) is 1.47. The van der Waals surface area contributed by atoms with Gasteiger partial charge in [-0.25, -0.2) is 0 Å². The minimum Gasteiger partial charge on any atom is -0.389 e. The van der Waals surface area contributed by atoms with E-state index in [4.69, 9.17) is 10.5 Å². The van der Waals surface area contributed by atoms with Gasteiger partial charge in [-0.05, 0) is 6.92 Å². The molecule has 1 aliphatic heterocycles. The predicted molar refractivity (Wildman–Crippen MR) is 48.1 cm³/mol. The van der Waals surface area contributed by atoms with Crippen LogP contribution in [-0.4, -0.2) is 46.7 Å². The molecule has 0 aromatic carbocycles. The number of carbonyl (C=O) groups excluding carboxylic acids is 1. The third-order valence-electron chi connectivity index (χ3n) is 2.34. The number of aliphatic hydroxyl groups excluding tert-OH is 2. The summed E-state index contributed by atoms with van der Waals surface area (Å²) in [5, 5.41) is 21.5. The lowest BCUT2D eigenvalue weighted by molar-refractivity contribution is -0.210. The van der Waals surface area contributed by atoms with Crippen LogP contribution in [0.2, 0.25) is 0 Å². The van der Waals surface area contributed by atoms with E-state index < -0.39 is 30.6 Å².